The molecule has 0 spiro atoms. The molecule has 0 saturated carbocycles. The molecule has 1 heterocycles. The Balaban J connectivity index is 0.000000333. The van der Waals surface area contributed by atoms with Crippen LogP contribution in [0.2, 0.25) is 0 Å². The number of hydrogen-bond donors (Lipinski definition) is 0. The molecule has 21 heavy (non-hydrogen) atoms. The van der Waals surface area contributed by atoms with Crippen LogP contribution in [0.5, 0.6) is 0 Å². The smallest absolute Gasteiger partial charge is 1.00 e. The first kappa shape index (κ1) is 20.5. The Morgan fingerprint density at radius 1 is 1.19 bits per heavy atom. The summed E-state index contributed by atoms with van der Waals surface area (Å²) in [5, 5.41) is 4.27. The van der Waals surface area contributed by atoms with Gasteiger partial charge in [-0.05, 0) is 6.16 Å². The molecule has 0 amide bonds. The van der Waals surface area contributed by atoms with Crippen LogP contribution >= 0.6 is 7.92 Å². The van der Waals surface area contributed by atoms with E-state index in [2.05, 4.69) is 61.5 Å². The Bertz CT molecular complexity index is 586. The minimum atomic E-state index is 0. The van der Waals surface area contributed by atoms with Gasteiger partial charge in [-0.15, -0.1) is 44.0 Å². The molecule has 4 rings (SSSR count). The SMILES string of the molecule is CCP1CC2=CC[C-]=C21.[F-].[F-].[Zr+4].c1ccc2[cH-]ccc2c1. The Morgan fingerprint density at radius 2 is 1.95 bits per heavy atom. The molecule has 0 nitrogen and oxygen atoms in total. The van der Waals surface area contributed by atoms with Crippen molar-refractivity contribution in [2.45, 2.75) is 13.3 Å². The molecule has 0 radical (unpaired) electrons. The van der Waals surface area contributed by atoms with Gasteiger partial charge in [0.1, 0.15) is 0 Å². The van der Waals surface area contributed by atoms with E-state index >= 15 is 0 Å². The number of benzene rings is 1. The molecular weight excluding hydrogens is 364 g/mol. The number of allylic oxidation sites excluding steroid dienone is 4. The molecule has 2 aromatic carbocycles. The normalized spacial score (nSPS) is 17.5. The Morgan fingerprint density at radius 3 is 2.62 bits per heavy atom. The molecule has 0 N–H and O–H groups in total. The van der Waals surface area contributed by atoms with E-state index in [1.54, 1.807) is 10.9 Å². The predicted molar refractivity (Wildman–Crippen MR) is 81.3 cm³/mol. The zero-order valence-electron chi connectivity index (χ0n) is 11.9. The molecule has 1 unspecified atom stereocenters. The standard InChI is InChI=1S/C9H7.C8H10P.2FH.Zr/c1-2-5-9-7-3-6-8(9)4-1;1-2-9-6-7-4-3-5-8(7)9;;;/h1-7H;4H,2-3,6H2,1H3;2*1H;/q2*-1;;;+4/p-2. The molecule has 1 atom stereocenters. The fourth-order valence-electron chi connectivity index (χ4n) is 2.47. The van der Waals surface area contributed by atoms with Gasteiger partial charge in [0.25, 0.3) is 0 Å². The largest absolute Gasteiger partial charge is 4.00 e. The minimum absolute atomic E-state index is 0. The van der Waals surface area contributed by atoms with E-state index in [1.807, 2.05) is 0 Å². The van der Waals surface area contributed by atoms with Crippen molar-refractivity contribution in [2.75, 3.05) is 12.3 Å². The Labute approximate surface area is 145 Å². The maximum atomic E-state index is 3.41. The van der Waals surface area contributed by atoms with Crippen molar-refractivity contribution in [2.24, 2.45) is 0 Å². The summed E-state index contributed by atoms with van der Waals surface area (Å²) >= 11 is 0. The average Bonchev–Trinajstić information content (AvgIpc) is 2.98. The fourth-order valence-corrected chi connectivity index (χ4v) is 4.49. The van der Waals surface area contributed by atoms with E-state index in [0.29, 0.717) is 7.92 Å². The van der Waals surface area contributed by atoms with E-state index in [1.165, 1.54) is 23.1 Å². The molecule has 108 valence electrons. The summed E-state index contributed by atoms with van der Waals surface area (Å²) in [4.78, 5) is 0. The number of fused-ring (bicyclic) bond motifs is 2. The predicted octanol–water partition coefficient (Wildman–Crippen LogP) is -0.917. The van der Waals surface area contributed by atoms with Crippen molar-refractivity contribution in [3.05, 3.63) is 65.5 Å². The van der Waals surface area contributed by atoms with Gasteiger partial charge in [0, 0.05) is 0 Å². The van der Waals surface area contributed by atoms with Crippen LogP contribution in [0, 0.1) is 6.08 Å². The molecule has 4 heteroatoms. The van der Waals surface area contributed by atoms with Crippen molar-refractivity contribution < 1.29 is 35.6 Å². The fraction of sp³-hybridized carbons (Fsp3) is 0.235. The van der Waals surface area contributed by atoms with Gasteiger partial charge in [-0.3, -0.25) is 6.08 Å². The number of halogens is 2. The zero-order chi connectivity index (χ0) is 12.4. The van der Waals surface area contributed by atoms with Crippen LogP contribution in [0.15, 0.2) is 59.4 Å². The molecule has 1 fully saturated rings. The maximum absolute atomic E-state index is 3.41. The second kappa shape index (κ2) is 9.49. The third-order valence-electron chi connectivity index (χ3n) is 3.53. The summed E-state index contributed by atoms with van der Waals surface area (Å²) < 4.78 is 0. The molecule has 1 saturated heterocycles. The van der Waals surface area contributed by atoms with Gasteiger partial charge >= 0.3 is 26.2 Å². The summed E-state index contributed by atoms with van der Waals surface area (Å²) in [7, 11) is 0.301. The molecular formula is C17H17F2PZr. The second-order valence-corrected chi connectivity index (χ2v) is 7.10. The van der Waals surface area contributed by atoms with Gasteiger partial charge in [-0.25, -0.2) is 0 Å². The van der Waals surface area contributed by atoms with Crippen LogP contribution < -0.4 is 9.41 Å². The Kier molecular flexibility index (Phi) is 9.26. The molecule has 2 aliphatic rings. The van der Waals surface area contributed by atoms with Crippen LogP contribution in [0.3, 0.4) is 0 Å². The van der Waals surface area contributed by atoms with Crippen molar-refractivity contribution in [1.29, 1.82) is 0 Å². The van der Waals surface area contributed by atoms with Gasteiger partial charge < -0.3 is 9.41 Å². The van der Waals surface area contributed by atoms with Crippen LogP contribution in [-0.2, 0) is 26.2 Å². The van der Waals surface area contributed by atoms with E-state index < -0.39 is 0 Å². The summed E-state index contributed by atoms with van der Waals surface area (Å²) in [5.41, 5.74) is 1.61. The number of rotatable bonds is 1. The van der Waals surface area contributed by atoms with Gasteiger partial charge in [-0.2, -0.15) is 34.5 Å². The quantitative estimate of drug-likeness (QED) is 0.443. The molecule has 1 aliphatic heterocycles. The summed E-state index contributed by atoms with van der Waals surface area (Å²) in [6.45, 7) is 2.29. The van der Waals surface area contributed by atoms with Crippen LogP contribution in [-0.4, -0.2) is 12.3 Å². The summed E-state index contributed by atoms with van der Waals surface area (Å²) in [6.07, 6.45) is 9.60. The van der Waals surface area contributed by atoms with Crippen LogP contribution in [0.4, 0.5) is 0 Å². The second-order valence-electron chi connectivity index (χ2n) is 4.63. The first-order valence-corrected chi connectivity index (χ1v) is 8.25. The van der Waals surface area contributed by atoms with Crippen LogP contribution in [0.25, 0.3) is 10.8 Å². The van der Waals surface area contributed by atoms with Crippen molar-refractivity contribution >= 4 is 18.7 Å². The van der Waals surface area contributed by atoms with Gasteiger partial charge in [0.15, 0.2) is 0 Å². The van der Waals surface area contributed by atoms with Crippen LogP contribution in [0.1, 0.15) is 13.3 Å². The molecule has 1 aliphatic carbocycles. The van der Waals surface area contributed by atoms with Gasteiger partial charge in [0.05, 0.1) is 0 Å². The van der Waals surface area contributed by atoms with Crippen molar-refractivity contribution in [3.8, 4) is 0 Å². The molecule has 0 bridgehead atoms. The van der Waals surface area contributed by atoms with Crippen molar-refractivity contribution in [3.63, 3.8) is 0 Å². The maximum Gasteiger partial charge on any atom is 4.00 e. The van der Waals surface area contributed by atoms with E-state index in [0.717, 1.165) is 6.42 Å². The molecule has 2 aromatic rings. The summed E-state index contributed by atoms with van der Waals surface area (Å²) in [5.74, 6) is 0. The first-order chi connectivity index (χ1) is 8.88. The van der Waals surface area contributed by atoms with Gasteiger partial charge in [-0.1, -0.05) is 19.2 Å². The van der Waals surface area contributed by atoms with E-state index in [9.17, 15) is 0 Å². The Hall–Kier alpha value is -0.517. The van der Waals surface area contributed by atoms with Gasteiger partial charge in [0.2, 0.25) is 0 Å². The topological polar surface area (TPSA) is 0 Å². The monoisotopic (exact) mass is 380 g/mol. The van der Waals surface area contributed by atoms with Crippen molar-refractivity contribution in [1.82, 2.24) is 0 Å². The zero-order valence-corrected chi connectivity index (χ0v) is 15.3. The average molecular weight is 382 g/mol. The van der Waals surface area contributed by atoms with E-state index in [-0.39, 0.29) is 35.6 Å². The molecule has 0 aromatic heterocycles. The minimum Gasteiger partial charge on any atom is -1.00 e. The first-order valence-electron chi connectivity index (χ1n) is 6.54. The third kappa shape index (κ3) is 4.47. The summed E-state index contributed by atoms with van der Waals surface area (Å²) in [6, 6.07) is 14.7. The number of hydrogen-bond acceptors (Lipinski definition) is 0. The van der Waals surface area contributed by atoms with E-state index in [4.69, 9.17) is 0 Å². The third-order valence-corrected chi connectivity index (χ3v) is 6.09.